The van der Waals surface area contributed by atoms with E-state index in [0.717, 1.165) is 17.6 Å². The van der Waals surface area contributed by atoms with Crippen molar-refractivity contribution >= 4 is 54.0 Å². The van der Waals surface area contributed by atoms with Crippen LogP contribution in [0.3, 0.4) is 0 Å². The van der Waals surface area contributed by atoms with Gasteiger partial charge in [-0.15, -0.1) is 0 Å². The van der Waals surface area contributed by atoms with Crippen LogP contribution in [0.1, 0.15) is 27.7 Å². The molecule has 0 saturated heterocycles. The minimum absolute atomic E-state index is 0.133. The fourth-order valence-corrected chi connectivity index (χ4v) is 4.67. The van der Waals surface area contributed by atoms with E-state index in [2.05, 4.69) is 15.4 Å². The molecule has 1 amide bonds. The second-order valence-electron chi connectivity index (χ2n) is 6.78. The van der Waals surface area contributed by atoms with Gasteiger partial charge < -0.3 is 4.42 Å². The van der Waals surface area contributed by atoms with Crippen LogP contribution in [0, 0.1) is 13.8 Å². The van der Waals surface area contributed by atoms with Gasteiger partial charge in [0.15, 0.2) is 20.7 Å². The Kier molecular flexibility index (Phi) is 5.16. The molecule has 4 rings (SSSR count). The minimum Gasteiger partial charge on any atom is -0.454 e. The van der Waals surface area contributed by atoms with Gasteiger partial charge >= 0.3 is 0 Å². The van der Waals surface area contributed by atoms with E-state index < -0.39 is 15.7 Å². The highest BCUT2D eigenvalue weighted by molar-refractivity contribution is 7.90. The van der Waals surface area contributed by atoms with Gasteiger partial charge in [-0.05, 0) is 44.2 Å². The molecule has 3 aromatic heterocycles. The Morgan fingerprint density at radius 3 is 2.70 bits per heavy atom. The number of fused-ring (bicyclic) bond motifs is 1. The van der Waals surface area contributed by atoms with Gasteiger partial charge in [-0.25, -0.2) is 13.4 Å². The Balaban J connectivity index is 1.51. The molecule has 0 radical (unpaired) electrons. The average Bonchev–Trinajstić information content (AvgIpc) is 3.36. The maximum Gasteiger partial charge on any atom is 0.293 e. The Bertz CT molecular complexity index is 1380. The summed E-state index contributed by atoms with van der Waals surface area (Å²) in [5, 5.41) is 7.99. The van der Waals surface area contributed by atoms with Gasteiger partial charge in [0, 0.05) is 6.26 Å². The van der Waals surface area contributed by atoms with Crippen molar-refractivity contribution in [2.75, 3.05) is 11.6 Å². The molecule has 0 bridgehead atoms. The molecule has 1 aromatic carbocycles. The molecule has 0 fully saturated rings. The van der Waals surface area contributed by atoms with Crippen LogP contribution in [0.4, 0.5) is 5.13 Å². The molecule has 0 aliphatic carbocycles. The number of rotatable bonds is 5. The third-order valence-corrected chi connectivity index (χ3v) is 7.08. The van der Waals surface area contributed by atoms with Crippen LogP contribution in [0.2, 0.25) is 5.02 Å². The van der Waals surface area contributed by atoms with E-state index >= 15 is 0 Å². The summed E-state index contributed by atoms with van der Waals surface area (Å²) in [5.74, 6) is 0.244. The SMILES string of the molecule is Cc1nn(Cc2ccc(C(=O)Nc3nc4ccc(S(C)(=O)=O)cc4s3)o2)c(C)c1Cl. The maximum atomic E-state index is 12.5. The van der Waals surface area contributed by atoms with Crippen molar-refractivity contribution in [1.29, 1.82) is 0 Å². The molecule has 0 atom stereocenters. The number of furan rings is 1. The molecule has 3 heterocycles. The Morgan fingerprint density at radius 2 is 2.03 bits per heavy atom. The number of aromatic nitrogens is 3. The number of nitrogens with one attached hydrogen (secondary N) is 1. The summed E-state index contributed by atoms with van der Waals surface area (Å²) in [6, 6.07) is 7.93. The third kappa shape index (κ3) is 3.98. The van der Waals surface area contributed by atoms with Gasteiger partial charge in [0.25, 0.3) is 5.91 Å². The number of anilines is 1. The lowest BCUT2D eigenvalue weighted by molar-refractivity contribution is 0.0994. The van der Waals surface area contributed by atoms with E-state index in [-0.39, 0.29) is 10.7 Å². The number of halogens is 1. The van der Waals surface area contributed by atoms with Crippen molar-refractivity contribution in [3.05, 3.63) is 58.3 Å². The normalized spacial score (nSPS) is 11.9. The second kappa shape index (κ2) is 7.53. The lowest BCUT2D eigenvalue weighted by Gasteiger charge is -2.02. The van der Waals surface area contributed by atoms with E-state index in [1.54, 1.807) is 28.9 Å². The highest BCUT2D eigenvalue weighted by atomic mass is 35.5. The van der Waals surface area contributed by atoms with Crippen LogP contribution in [0.5, 0.6) is 0 Å². The molecule has 1 N–H and O–H groups in total. The standard InChI is InChI=1S/C19H17ClN4O4S2/c1-10-17(20)11(2)24(23-10)9-12-4-7-15(28-12)18(25)22-19-21-14-6-5-13(30(3,26)27)8-16(14)29-19/h4-8H,9H2,1-3H3,(H,21,22,25). The first kappa shape index (κ1) is 20.6. The van der Waals surface area contributed by atoms with Crippen molar-refractivity contribution in [1.82, 2.24) is 14.8 Å². The number of sulfone groups is 1. The van der Waals surface area contributed by atoms with Gasteiger partial charge in [0.2, 0.25) is 0 Å². The molecule has 11 heteroatoms. The van der Waals surface area contributed by atoms with Gasteiger partial charge in [0.05, 0.1) is 38.1 Å². The van der Waals surface area contributed by atoms with Crippen molar-refractivity contribution in [2.24, 2.45) is 0 Å². The van der Waals surface area contributed by atoms with Crippen LogP contribution in [-0.2, 0) is 16.4 Å². The smallest absolute Gasteiger partial charge is 0.293 e. The van der Waals surface area contributed by atoms with Gasteiger partial charge in [-0.1, -0.05) is 22.9 Å². The number of aryl methyl sites for hydroxylation is 1. The van der Waals surface area contributed by atoms with Crippen molar-refractivity contribution in [2.45, 2.75) is 25.3 Å². The number of hydrogen-bond donors (Lipinski definition) is 1. The van der Waals surface area contributed by atoms with E-state index in [0.29, 0.717) is 32.7 Å². The molecule has 0 spiro atoms. The number of amides is 1. The number of hydrogen-bond acceptors (Lipinski definition) is 7. The summed E-state index contributed by atoms with van der Waals surface area (Å²) in [5.41, 5.74) is 2.15. The van der Waals surface area contributed by atoms with Crippen LogP contribution in [0.15, 0.2) is 39.6 Å². The number of carbonyl (C=O) groups is 1. The molecular formula is C19H17ClN4O4S2. The molecule has 156 valence electrons. The minimum atomic E-state index is -3.32. The molecule has 0 aliphatic rings. The molecule has 4 aromatic rings. The first-order valence-corrected chi connectivity index (χ1v) is 11.9. The van der Waals surface area contributed by atoms with Crippen LogP contribution in [-0.4, -0.2) is 35.3 Å². The Morgan fingerprint density at radius 1 is 1.27 bits per heavy atom. The molecule has 8 nitrogen and oxygen atoms in total. The lowest BCUT2D eigenvalue weighted by Crippen LogP contribution is -2.10. The summed E-state index contributed by atoms with van der Waals surface area (Å²) < 4.78 is 31.4. The summed E-state index contributed by atoms with van der Waals surface area (Å²) >= 11 is 7.35. The molecule has 0 saturated carbocycles. The Labute approximate surface area is 181 Å². The summed E-state index contributed by atoms with van der Waals surface area (Å²) in [6.07, 6.45) is 1.15. The van der Waals surface area contributed by atoms with E-state index in [4.69, 9.17) is 16.0 Å². The highest BCUT2D eigenvalue weighted by Crippen LogP contribution is 2.28. The lowest BCUT2D eigenvalue weighted by atomic mass is 10.3. The number of benzene rings is 1. The fraction of sp³-hybridized carbons (Fsp3) is 0.211. The maximum absolute atomic E-state index is 12.5. The van der Waals surface area contributed by atoms with Crippen molar-refractivity contribution in [3.63, 3.8) is 0 Å². The Hall–Kier alpha value is -2.69. The van der Waals surface area contributed by atoms with Crippen molar-refractivity contribution < 1.29 is 17.6 Å². The average molecular weight is 465 g/mol. The van der Waals surface area contributed by atoms with Crippen molar-refractivity contribution in [3.8, 4) is 0 Å². The van der Waals surface area contributed by atoms with Crippen LogP contribution < -0.4 is 5.32 Å². The molecule has 30 heavy (non-hydrogen) atoms. The molecular weight excluding hydrogens is 448 g/mol. The number of carbonyl (C=O) groups excluding carboxylic acids is 1. The highest BCUT2D eigenvalue weighted by Gasteiger charge is 2.17. The van der Waals surface area contributed by atoms with Crippen LogP contribution >= 0.6 is 22.9 Å². The summed E-state index contributed by atoms with van der Waals surface area (Å²) in [4.78, 5) is 17.1. The van der Waals surface area contributed by atoms with Gasteiger partial charge in [0.1, 0.15) is 5.76 Å². The van der Waals surface area contributed by atoms with Gasteiger partial charge in [-0.2, -0.15) is 5.10 Å². The predicted molar refractivity (Wildman–Crippen MR) is 115 cm³/mol. The molecule has 0 aliphatic heterocycles. The quantitative estimate of drug-likeness (QED) is 0.477. The largest absolute Gasteiger partial charge is 0.454 e. The zero-order valence-electron chi connectivity index (χ0n) is 16.3. The zero-order chi connectivity index (χ0) is 21.6. The first-order valence-electron chi connectivity index (χ1n) is 8.82. The summed E-state index contributed by atoms with van der Waals surface area (Å²) in [6.45, 7) is 4.03. The summed E-state index contributed by atoms with van der Waals surface area (Å²) in [7, 11) is -3.32. The van der Waals surface area contributed by atoms with E-state index in [1.165, 1.54) is 17.4 Å². The fourth-order valence-electron chi connectivity index (χ4n) is 2.91. The number of nitrogens with zero attached hydrogens (tertiary/aromatic N) is 3. The predicted octanol–water partition coefficient (Wildman–Crippen LogP) is 4.06. The zero-order valence-corrected chi connectivity index (χ0v) is 18.7. The topological polar surface area (TPSA) is 107 Å². The van der Waals surface area contributed by atoms with Gasteiger partial charge in [-0.3, -0.25) is 14.8 Å². The first-order chi connectivity index (χ1) is 14.1. The van der Waals surface area contributed by atoms with E-state index in [9.17, 15) is 13.2 Å². The third-order valence-electron chi connectivity index (χ3n) is 4.49. The monoisotopic (exact) mass is 464 g/mol. The second-order valence-corrected chi connectivity index (χ2v) is 10.2. The van der Waals surface area contributed by atoms with E-state index in [1.807, 2.05) is 13.8 Å². The molecule has 0 unspecified atom stereocenters. The number of thiazole rings is 1. The van der Waals surface area contributed by atoms with Crippen LogP contribution in [0.25, 0.3) is 10.2 Å².